The van der Waals surface area contributed by atoms with Crippen molar-refractivity contribution < 1.29 is 5.11 Å². The maximum Gasteiger partial charge on any atom is 0.0953 e. The number of rotatable bonds is 4. The maximum atomic E-state index is 8.60. The Morgan fingerprint density at radius 3 is 2.60 bits per heavy atom. The molecule has 3 heteroatoms. The molecule has 0 spiro atoms. The molecule has 0 aromatic rings. The minimum Gasteiger partial charge on any atom is -0.395 e. The molecule has 2 unspecified atom stereocenters. The van der Waals surface area contributed by atoms with E-state index < -0.39 is 0 Å². The number of nitriles is 1. The van der Waals surface area contributed by atoms with Crippen LogP contribution in [0.3, 0.4) is 0 Å². The summed E-state index contributed by atoms with van der Waals surface area (Å²) in [5, 5.41) is 20.0. The Hall–Kier alpha value is -0.590. The van der Waals surface area contributed by atoms with Gasteiger partial charge in [0.2, 0.25) is 0 Å². The highest BCUT2D eigenvalue weighted by molar-refractivity contribution is 4.89. The summed E-state index contributed by atoms with van der Waals surface area (Å²) in [6, 6.07) is 1.99. The third-order valence-corrected chi connectivity index (χ3v) is 1.32. The Morgan fingerprint density at radius 2 is 2.30 bits per heavy atom. The lowest BCUT2D eigenvalue weighted by atomic mass is 10.2. The van der Waals surface area contributed by atoms with E-state index in [4.69, 9.17) is 10.4 Å². The molecule has 3 nitrogen and oxygen atoms in total. The van der Waals surface area contributed by atoms with Crippen LogP contribution in [0.1, 0.15) is 20.3 Å². The lowest BCUT2D eigenvalue weighted by Crippen LogP contribution is -2.37. The number of nitrogens with one attached hydrogen (secondary N) is 1. The molecule has 0 bridgehead atoms. The van der Waals surface area contributed by atoms with E-state index in [9.17, 15) is 0 Å². The standard InChI is InChI=1S/C7H14N2O/c1-3-7(4-8)9-6(2)5-10/h6-7,9-10H,3,5H2,1-2H3. The van der Waals surface area contributed by atoms with Crippen molar-refractivity contribution in [2.24, 2.45) is 0 Å². The predicted octanol–water partition coefficient (Wildman–Crippen LogP) is 0.259. The lowest BCUT2D eigenvalue weighted by Gasteiger charge is -2.13. The van der Waals surface area contributed by atoms with Crippen LogP contribution in [0.2, 0.25) is 0 Å². The number of aliphatic hydroxyl groups excluding tert-OH is 1. The second-order valence-corrected chi connectivity index (χ2v) is 2.34. The topological polar surface area (TPSA) is 56.0 Å². The summed E-state index contributed by atoms with van der Waals surface area (Å²) in [4.78, 5) is 0. The van der Waals surface area contributed by atoms with Gasteiger partial charge in [0.05, 0.1) is 18.7 Å². The van der Waals surface area contributed by atoms with Gasteiger partial charge in [0.1, 0.15) is 0 Å². The summed E-state index contributed by atoms with van der Waals surface area (Å²) in [5.41, 5.74) is 0. The molecule has 0 aliphatic rings. The molecule has 58 valence electrons. The Bertz CT molecular complexity index is 119. The first-order valence-electron chi connectivity index (χ1n) is 3.51. The van der Waals surface area contributed by atoms with E-state index in [1.165, 1.54) is 0 Å². The van der Waals surface area contributed by atoms with Gasteiger partial charge in [-0.2, -0.15) is 5.26 Å². The van der Waals surface area contributed by atoms with Crippen LogP contribution in [0.15, 0.2) is 0 Å². The largest absolute Gasteiger partial charge is 0.395 e. The zero-order valence-electron chi connectivity index (χ0n) is 6.46. The van der Waals surface area contributed by atoms with E-state index in [2.05, 4.69) is 11.4 Å². The van der Waals surface area contributed by atoms with E-state index >= 15 is 0 Å². The van der Waals surface area contributed by atoms with Gasteiger partial charge in [-0.3, -0.25) is 5.32 Å². The number of hydrogen-bond donors (Lipinski definition) is 2. The van der Waals surface area contributed by atoms with Crippen LogP contribution in [0.25, 0.3) is 0 Å². The van der Waals surface area contributed by atoms with Crippen LogP contribution >= 0.6 is 0 Å². The molecule has 0 heterocycles. The van der Waals surface area contributed by atoms with E-state index in [0.717, 1.165) is 6.42 Å². The normalized spacial score (nSPS) is 15.8. The van der Waals surface area contributed by atoms with Crippen molar-refractivity contribution >= 4 is 0 Å². The maximum absolute atomic E-state index is 8.60. The first-order valence-corrected chi connectivity index (χ1v) is 3.51. The number of aliphatic hydroxyl groups is 1. The van der Waals surface area contributed by atoms with Crippen LogP contribution < -0.4 is 5.32 Å². The van der Waals surface area contributed by atoms with Gasteiger partial charge in [0, 0.05) is 6.04 Å². The highest BCUT2D eigenvalue weighted by Gasteiger charge is 2.06. The zero-order valence-corrected chi connectivity index (χ0v) is 6.46. The Labute approximate surface area is 61.7 Å². The summed E-state index contributed by atoms with van der Waals surface area (Å²) in [6.07, 6.45) is 0.779. The van der Waals surface area contributed by atoms with Gasteiger partial charge in [0.25, 0.3) is 0 Å². The van der Waals surface area contributed by atoms with E-state index in [0.29, 0.717) is 0 Å². The highest BCUT2D eigenvalue weighted by Crippen LogP contribution is 1.90. The van der Waals surface area contributed by atoms with Gasteiger partial charge >= 0.3 is 0 Å². The van der Waals surface area contributed by atoms with Crippen molar-refractivity contribution in [2.75, 3.05) is 6.61 Å². The molecule has 2 atom stereocenters. The van der Waals surface area contributed by atoms with E-state index in [1.54, 1.807) is 0 Å². The first kappa shape index (κ1) is 9.41. The Balaban J connectivity index is 3.54. The molecule has 0 saturated heterocycles. The highest BCUT2D eigenvalue weighted by atomic mass is 16.3. The molecule has 0 amide bonds. The van der Waals surface area contributed by atoms with Gasteiger partial charge in [-0.1, -0.05) is 6.92 Å². The number of nitrogens with zero attached hydrogens (tertiary/aromatic N) is 1. The van der Waals surface area contributed by atoms with Gasteiger partial charge < -0.3 is 5.11 Å². The first-order chi connectivity index (χ1) is 4.74. The van der Waals surface area contributed by atoms with Crippen molar-refractivity contribution in [2.45, 2.75) is 32.4 Å². The minimum absolute atomic E-state index is 0.0181. The molecule has 0 rings (SSSR count). The second-order valence-electron chi connectivity index (χ2n) is 2.34. The van der Waals surface area contributed by atoms with Gasteiger partial charge in [0.15, 0.2) is 0 Å². The average molecular weight is 142 g/mol. The quantitative estimate of drug-likeness (QED) is 0.592. The fraction of sp³-hybridized carbons (Fsp3) is 0.857. The van der Waals surface area contributed by atoms with Crippen molar-refractivity contribution in [1.82, 2.24) is 5.32 Å². The molecular formula is C7H14N2O. The third kappa shape index (κ3) is 3.44. The summed E-state index contributed by atoms with van der Waals surface area (Å²) in [6.45, 7) is 3.86. The summed E-state index contributed by atoms with van der Waals surface area (Å²) in [7, 11) is 0. The predicted molar refractivity (Wildman–Crippen MR) is 39.4 cm³/mol. The van der Waals surface area contributed by atoms with Crippen LogP contribution in [0, 0.1) is 11.3 Å². The molecule has 0 aliphatic carbocycles. The molecule has 0 radical (unpaired) electrons. The van der Waals surface area contributed by atoms with Crippen molar-refractivity contribution in [1.29, 1.82) is 5.26 Å². The van der Waals surface area contributed by atoms with Gasteiger partial charge in [-0.25, -0.2) is 0 Å². The summed E-state index contributed by atoms with van der Waals surface area (Å²) >= 11 is 0. The van der Waals surface area contributed by atoms with Crippen molar-refractivity contribution in [3.05, 3.63) is 0 Å². The molecule has 0 aliphatic heterocycles. The van der Waals surface area contributed by atoms with Crippen LogP contribution in [0.4, 0.5) is 0 Å². The Kier molecular flexibility index (Phi) is 4.91. The molecule has 0 aromatic heterocycles. The SMILES string of the molecule is CCC(C#N)NC(C)CO. The molecule has 0 aromatic carbocycles. The van der Waals surface area contributed by atoms with Crippen molar-refractivity contribution in [3.63, 3.8) is 0 Å². The summed E-state index contributed by atoms with van der Waals surface area (Å²) < 4.78 is 0. The van der Waals surface area contributed by atoms with Gasteiger partial charge in [-0.15, -0.1) is 0 Å². The molecule has 0 saturated carbocycles. The van der Waals surface area contributed by atoms with E-state index in [-0.39, 0.29) is 18.7 Å². The number of hydrogen-bond acceptors (Lipinski definition) is 3. The molecular weight excluding hydrogens is 128 g/mol. The fourth-order valence-electron chi connectivity index (χ4n) is 0.643. The summed E-state index contributed by atoms with van der Waals surface area (Å²) in [5.74, 6) is 0. The lowest BCUT2D eigenvalue weighted by molar-refractivity contribution is 0.246. The van der Waals surface area contributed by atoms with Crippen molar-refractivity contribution in [3.8, 4) is 6.07 Å². The zero-order chi connectivity index (χ0) is 7.98. The molecule has 2 N–H and O–H groups in total. The molecule has 0 fully saturated rings. The average Bonchev–Trinajstić information content (AvgIpc) is 1.99. The molecule has 10 heavy (non-hydrogen) atoms. The minimum atomic E-state index is -0.123. The monoisotopic (exact) mass is 142 g/mol. The van der Waals surface area contributed by atoms with Crippen LogP contribution in [0.5, 0.6) is 0 Å². The smallest absolute Gasteiger partial charge is 0.0953 e. The van der Waals surface area contributed by atoms with Gasteiger partial charge in [-0.05, 0) is 13.3 Å². The third-order valence-electron chi connectivity index (χ3n) is 1.32. The van der Waals surface area contributed by atoms with Crippen LogP contribution in [-0.4, -0.2) is 23.8 Å². The second kappa shape index (κ2) is 5.21. The Morgan fingerprint density at radius 1 is 1.70 bits per heavy atom. The van der Waals surface area contributed by atoms with Crippen LogP contribution in [-0.2, 0) is 0 Å². The van der Waals surface area contributed by atoms with E-state index in [1.807, 2.05) is 13.8 Å². The fourth-order valence-corrected chi connectivity index (χ4v) is 0.643.